The first-order valence-electron chi connectivity index (χ1n) is 11.6. The van der Waals surface area contributed by atoms with Crippen LogP contribution in [0.1, 0.15) is 24.0 Å². The molecular formula is C26H22FN3O8. The summed E-state index contributed by atoms with van der Waals surface area (Å²) < 4.78 is 13.1. The number of aromatic hydroxyl groups is 1. The third-order valence-electron chi connectivity index (χ3n) is 7.29. The second-order valence-electron chi connectivity index (χ2n) is 9.49. The number of urea groups is 1. The molecule has 2 aromatic carbocycles. The number of ketones is 2. The Labute approximate surface area is 214 Å². The molecule has 3 atom stereocenters. The van der Waals surface area contributed by atoms with Crippen LogP contribution < -0.4 is 16.4 Å². The number of hydrogen-bond acceptors (Lipinski definition) is 8. The van der Waals surface area contributed by atoms with Gasteiger partial charge in [0.05, 0.1) is 11.3 Å². The van der Waals surface area contributed by atoms with E-state index in [0.29, 0.717) is 5.56 Å². The lowest BCUT2D eigenvalue weighted by molar-refractivity contribution is -0.147. The minimum absolute atomic E-state index is 0.0176. The summed E-state index contributed by atoms with van der Waals surface area (Å²) >= 11 is 0. The molecule has 1 saturated carbocycles. The number of fused-ring (bicyclic) bond motifs is 3. The highest BCUT2D eigenvalue weighted by atomic mass is 19.1. The number of aliphatic hydroxyl groups is 3. The number of carbonyl (C=O) groups is 4. The molecule has 0 spiro atoms. The lowest BCUT2D eigenvalue weighted by Crippen LogP contribution is -2.58. The molecule has 0 bridgehead atoms. The van der Waals surface area contributed by atoms with Crippen LogP contribution in [0.15, 0.2) is 53.3 Å². The zero-order chi connectivity index (χ0) is 27.5. The summed E-state index contributed by atoms with van der Waals surface area (Å²) in [5, 5.41) is 48.7. The Hall–Kier alpha value is -4.71. The zero-order valence-electron chi connectivity index (χ0n) is 19.6. The number of nitrogens with one attached hydrogen (secondary N) is 2. The van der Waals surface area contributed by atoms with Gasteiger partial charge in [-0.1, -0.05) is 6.07 Å². The van der Waals surface area contributed by atoms with E-state index in [-0.39, 0.29) is 35.4 Å². The summed E-state index contributed by atoms with van der Waals surface area (Å²) in [7, 11) is 0. The second-order valence-corrected chi connectivity index (χ2v) is 9.49. The third-order valence-corrected chi connectivity index (χ3v) is 7.29. The van der Waals surface area contributed by atoms with Gasteiger partial charge in [-0.3, -0.25) is 14.4 Å². The Kier molecular flexibility index (Phi) is 5.71. The molecule has 0 heterocycles. The van der Waals surface area contributed by atoms with Gasteiger partial charge in [0.2, 0.25) is 5.78 Å². The monoisotopic (exact) mass is 523 g/mol. The molecule has 3 aliphatic carbocycles. The van der Waals surface area contributed by atoms with Crippen LogP contribution in [0.2, 0.25) is 0 Å². The summed E-state index contributed by atoms with van der Waals surface area (Å²) in [6, 6.07) is 7.11. The van der Waals surface area contributed by atoms with E-state index < -0.39 is 76.0 Å². The van der Waals surface area contributed by atoms with Crippen molar-refractivity contribution in [3.05, 3.63) is 70.2 Å². The molecule has 3 aliphatic rings. The predicted molar refractivity (Wildman–Crippen MR) is 130 cm³/mol. The first-order valence-corrected chi connectivity index (χ1v) is 11.6. The van der Waals surface area contributed by atoms with Crippen molar-refractivity contribution in [1.82, 2.24) is 0 Å². The molecule has 0 aromatic heterocycles. The molecule has 0 saturated heterocycles. The normalized spacial score (nSPS) is 24.4. The van der Waals surface area contributed by atoms with Crippen LogP contribution in [0.25, 0.3) is 5.76 Å². The number of amides is 3. The van der Waals surface area contributed by atoms with Crippen molar-refractivity contribution < 1.29 is 44.0 Å². The number of benzene rings is 2. The molecule has 5 rings (SSSR count). The number of rotatable bonds is 3. The van der Waals surface area contributed by atoms with Crippen LogP contribution in [0, 0.1) is 17.7 Å². The van der Waals surface area contributed by atoms with Gasteiger partial charge in [0.1, 0.15) is 28.7 Å². The minimum Gasteiger partial charge on any atom is -0.508 e. The van der Waals surface area contributed by atoms with Crippen molar-refractivity contribution in [3.63, 3.8) is 0 Å². The van der Waals surface area contributed by atoms with Gasteiger partial charge < -0.3 is 36.8 Å². The van der Waals surface area contributed by atoms with Crippen molar-refractivity contribution >= 4 is 40.6 Å². The Morgan fingerprint density at radius 2 is 1.68 bits per heavy atom. The molecule has 1 fully saturated rings. The van der Waals surface area contributed by atoms with E-state index in [1.165, 1.54) is 24.3 Å². The maximum atomic E-state index is 13.5. The molecule has 0 radical (unpaired) electrons. The van der Waals surface area contributed by atoms with Gasteiger partial charge in [0.15, 0.2) is 11.4 Å². The molecule has 38 heavy (non-hydrogen) atoms. The highest BCUT2D eigenvalue weighted by Gasteiger charge is 2.60. The lowest BCUT2D eigenvalue weighted by Gasteiger charge is -2.46. The lowest BCUT2D eigenvalue weighted by atomic mass is 9.59. The summed E-state index contributed by atoms with van der Waals surface area (Å²) in [5.41, 5.74) is 1.81. The van der Waals surface area contributed by atoms with Gasteiger partial charge in [-0.25, -0.2) is 9.18 Å². The topological polar surface area (TPSA) is 199 Å². The van der Waals surface area contributed by atoms with Gasteiger partial charge in [0, 0.05) is 23.6 Å². The van der Waals surface area contributed by atoms with Gasteiger partial charge in [-0.2, -0.15) is 0 Å². The van der Waals surface area contributed by atoms with E-state index in [9.17, 15) is 44.0 Å². The van der Waals surface area contributed by atoms with Crippen molar-refractivity contribution in [2.75, 3.05) is 10.6 Å². The number of carbonyl (C=O) groups excluding carboxylic acids is 4. The third kappa shape index (κ3) is 3.68. The Morgan fingerprint density at radius 1 is 1.00 bits per heavy atom. The van der Waals surface area contributed by atoms with Crippen LogP contribution in [0.3, 0.4) is 0 Å². The zero-order valence-corrected chi connectivity index (χ0v) is 19.6. The first-order chi connectivity index (χ1) is 17.9. The minimum atomic E-state index is -2.66. The summed E-state index contributed by atoms with van der Waals surface area (Å²) in [5.74, 6) is -7.79. The maximum absolute atomic E-state index is 13.5. The van der Waals surface area contributed by atoms with Crippen LogP contribution >= 0.6 is 0 Å². The van der Waals surface area contributed by atoms with Crippen molar-refractivity contribution in [3.8, 4) is 5.75 Å². The Bertz CT molecular complexity index is 1500. The van der Waals surface area contributed by atoms with Gasteiger partial charge in [-0.05, 0) is 54.7 Å². The fourth-order valence-corrected chi connectivity index (χ4v) is 5.51. The Balaban J connectivity index is 1.51. The molecule has 12 heteroatoms. The average Bonchev–Trinajstić information content (AvgIpc) is 2.84. The number of Topliss-reactive ketones (excluding diaryl/α,β-unsaturated/α-hetero) is 2. The molecule has 0 aliphatic heterocycles. The molecule has 2 aromatic rings. The molecule has 196 valence electrons. The Morgan fingerprint density at radius 3 is 2.34 bits per heavy atom. The van der Waals surface area contributed by atoms with Crippen LogP contribution in [-0.4, -0.2) is 49.5 Å². The molecule has 3 amide bonds. The average molecular weight is 523 g/mol. The standard InChI is InChI=1S/C26H22FN3O8/c27-13-2-4-14(5-3-13)29-25(37)30-15-6-1-10-7-11-8-12-9-16(31)19(24(28)36)23(35)26(12,38)22(34)18(11)21(33)17(10)20(15)32/h1-6,11-12,32-33,35,38H,7-9H2,(H2,28,36)(H2,29,30,37)/t11-,12-,26-/m0/s1. The highest BCUT2D eigenvalue weighted by molar-refractivity contribution is 6.22. The number of phenols is 1. The van der Waals surface area contributed by atoms with E-state index in [1.54, 1.807) is 0 Å². The van der Waals surface area contributed by atoms with Crippen LogP contribution in [0.4, 0.5) is 20.6 Å². The van der Waals surface area contributed by atoms with Crippen molar-refractivity contribution in [2.24, 2.45) is 17.6 Å². The van der Waals surface area contributed by atoms with E-state index in [2.05, 4.69) is 10.6 Å². The fraction of sp³-hybridized carbons (Fsp3) is 0.231. The maximum Gasteiger partial charge on any atom is 0.323 e. The highest BCUT2D eigenvalue weighted by Crippen LogP contribution is 2.52. The van der Waals surface area contributed by atoms with Crippen LogP contribution in [0.5, 0.6) is 5.75 Å². The fourth-order valence-electron chi connectivity index (χ4n) is 5.51. The summed E-state index contributed by atoms with van der Waals surface area (Å²) in [6.07, 6.45) is -0.243. The van der Waals surface area contributed by atoms with Crippen molar-refractivity contribution in [2.45, 2.75) is 24.9 Å². The second kappa shape index (κ2) is 8.70. The van der Waals surface area contributed by atoms with E-state index in [1.807, 2.05) is 0 Å². The largest absolute Gasteiger partial charge is 0.508 e. The summed E-state index contributed by atoms with van der Waals surface area (Å²) in [6.45, 7) is 0. The van der Waals surface area contributed by atoms with E-state index in [4.69, 9.17) is 5.73 Å². The van der Waals surface area contributed by atoms with Gasteiger partial charge >= 0.3 is 6.03 Å². The quantitative estimate of drug-likeness (QED) is 0.234. The smallest absolute Gasteiger partial charge is 0.323 e. The van der Waals surface area contributed by atoms with E-state index >= 15 is 0 Å². The number of primary amides is 1. The van der Waals surface area contributed by atoms with Gasteiger partial charge in [0.25, 0.3) is 5.91 Å². The number of halogens is 1. The number of anilines is 2. The molecule has 8 N–H and O–H groups in total. The van der Waals surface area contributed by atoms with E-state index in [0.717, 1.165) is 12.1 Å². The number of phenolic OH excluding ortho intramolecular Hbond substituents is 1. The SMILES string of the molecule is NC(=O)C1=C(O)[C@@]2(O)C(=O)C3=C(O)c4c(ccc(NC(=O)Nc5ccc(F)cc5)c4O)C[C@H]3C[C@H]2CC1=O. The molecule has 11 nitrogen and oxygen atoms in total. The van der Waals surface area contributed by atoms with Crippen molar-refractivity contribution in [1.29, 1.82) is 0 Å². The van der Waals surface area contributed by atoms with Crippen LogP contribution in [-0.2, 0) is 20.8 Å². The summed E-state index contributed by atoms with van der Waals surface area (Å²) in [4.78, 5) is 50.0. The molecular weight excluding hydrogens is 501 g/mol. The number of aliphatic hydroxyl groups excluding tert-OH is 2. The number of nitrogens with two attached hydrogens (primary N) is 1. The molecule has 0 unspecified atom stereocenters. The number of hydrogen-bond donors (Lipinski definition) is 7. The van der Waals surface area contributed by atoms with Gasteiger partial charge in [-0.15, -0.1) is 0 Å². The first kappa shape index (κ1) is 25.0. The predicted octanol–water partition coefficient (Wildman–Crippen LogP) is 2.21.